The Bertz CT molecular complexity index is 136. The van der Waals surface area contributed by atoms with E-state index in [4.69, 9.17) is 0 Å². The third kappa shape index (κ3) is 7.35. The first-order chi connectivity index (χ1) is 7.15. The van der Waals surface area contributed by atoms with Gasteiger partial charge in [-0.05, 0) is 26.2 Å². The highest BCUT2D eigenvalue weighted by Crippen LogP contribution is 2.15. The van der Waals surface area contributed by atoms with E-state index in [2.05, 4.69) is 48.5 Å². The number of hydrogen-bond acceptors (Lipinski definition) is 1. The maximum atomic E-state index is 3.54. The van der Waals surface area contributed by atoms with Crippen molar-refractivity contribution in [2.75, 3.05) is 18.4 Å². The first-order valence-electron chi connectivity index (χ1n) is 6.45. The lowest BCUT2D eigenvalue weighted by molar-refractivity contribution is 0.189. The Labute approximate surface area is 105 Å². The van der Waals surface area contributed by atoms with Crippen molar-refractivity contribution in [1.29, 1.82) is 0 Å². The first-order valence-corrected chi connectivity index (χ1v) is 7.57. The highest BCUT2D eigenvalue weighted by Gasteiger charge is 2.14. The number of halogens is 1. The van der Waals surface area contributed by atoms with Crippen molar-refractivity contribution in [3.8, 4) is 0 Å². The maximum absolute atomic E-state index is 3.54. The second kappa shape index (κ2) is 9.65. The van der Waals surface area contributed by atoms with Crippen molar-refractivity contribution >= 4 is 15.9 Å². The van der Waals surface area contributed by atoms with Crippen LogP contribution in [-0.2, 0) is 0 Å². The van der Waals surface area contributed by atoms with Gasteiger partial charge in [-0.15, -0.1) is 0 Å². The lowest BCUT2D eigenvalue weighted by Crippen LogP contribution is -2.36. The Kier molecular flexibility index (Phi) is 9.93. The van der Waals surface area contributed by atoms with Gasteiger partial charge in [0.05, 0.1) is 0 Å². The minimum Gasteiger partial charge on any atom is -0.300 e. The third-order valence-corrected chi connectivity index (χ3v) is 3.49. The Balaban J connectivity index is 3.97. The van der Waals surface area contributed by atoms with Gasteiger partial charge >= 0.3 is 0 Å². The van der Waals surface area contributed by atoms with Gasteiger partial charge in [-0.25, -0.2) is 0 Å². The Morgan fingerprint density at radius 1 is 1.20 bits per heavy atom. The van der Waals surface area contributed by atoms with Gasteiger partial charge in [0.15, 0.2) is 0 Å². The van der Waals surface area contributed by atoms with Crippen LogP contribution in [0.3, 0.4) is 0 Å². The van der Waals surface area contributed by atoms with Crippen LogP contribution in [0, 0.1) is 5.92 Å². The predicted octanol–water partition coefficient (Wildman–Crippen LogP) is 4.31. The van der Waals surface area contributed by atoms with Crippen molar-refractivity contribution in [2.45, 2.75) is 59.4 Å². The largest absolute Gasteiger partial charge is 0.300 e. The van der Waals surface area contributed by atoms with Crippen molar-refractivity contribution in [1.82, 2.24) is 4.90 Å². The molecule has 0 aliphatic carbocycles. The summed E-state index contributed by atoms with van der Waals surface area (Å²) < 4.78 is 0. The van der Waals surface area contributed by atoms with Crippen LogP contribution in [0.25, 0.3) is 0 Å². The van der Waals surface area contributed by atoms with Gasteiger partial charge in [0.2, 0.25) is 0 Å². The molecule has 0 spiro atoms. The van der Waals surface area contributed by atoms with E-state index < -0.39 is 0 Å². The highest BCUT2D eigenvalue weighted by molar-refractivity contribution is 9.09. The topological polar surface area (TPSA) is 3.24 Å². The van der Waals surface area contributed by atoms with Crippen LogP contribution in [0.5, 0.6) is 0 Å². The number of hydrogen-bond donors (Lipinski definition) is 0. The summed E-state index contributed by atoms with van der Waals surface area (Å²) in [6.45, 7) is 11.7. The monoisotopic (exact) mass is 277 g/mol. The fourth-order valence-corrected chi connectivity index (χ4v) is 2.37. The average Bonchev–Trinajstić information content (AvgIpc) is 2.22. The Hall–Kier alpha value is 0.440. The van der Waals surface area contributed by atoms with Gasteiger partial charge in [0, 0.05) is 24.5 Å². The summed E-state index contributed by atoms with van der Waals surface area (Å²) in [6.07, 6.45) is 5.44. The third-order valence-electron chi connectivity index (χ3n) is 3.14. The molecular weight excluding hydrogens is 250 g/mol. The summed E-state index contributed by atoms with van der Waals surface area (Å²) in [7, 11) is 0. The molecule has 0 aliphatic rings. The van der Waals surface area contributed by atoms with Crippen molar-refractivity contribution < 1.29 is 0 Å². The fourth-order valence-electron chi connectivity index (χ4n) is 1.92. The average molecular weight is 278 g/mol. The standard InChI is InChI=1S/C13H28BrN/c1-5-7-8-13(6-2)11-15(10-9-14)12(3)4/h12-13H,5-11H2,1-4H3. The van der Waals surface area contributed by atoms with E-state index in [1.165, 1.54) is 38.8 Å². The van der Waals surface area contributed by atoms with E-state index in [0.29, 0.717) is 6.04 Å². The van der Waals surface area contributed by atoms with Crippen molar-refractivity contribution in [2.24, 2.45) is 5.92 Å². The second-order valence-corrected chi connectivity index (χ2v) is 5.49. The minimum absolute atomic E-state index is 0.679. The van der Waals surface area contributed by atoms with E-state index >= 15 is 0 Å². The molecule has 0 N–H and O–H groups in total. The Morgan fingerprint density at radius 3 is 2.27 bits per heavy atom. The maximum Gasteiger partial charge on any atom is 0.0159 e. The lowest BCUT2D eigenvalue weighted by Gasteiger charge is -2.29. The van der Waals surface area contributed by atoms with Crippen LogP contribution < -0.4 is 0 Å². The van der Waals surface area contributed by atoms with Crippen LogP contribution in [-0.4, -0.2) is 29.4 Å². The molecular formula is C13H28BrN. The van der Waals surface area contributed by atoms with Gasteiger partial charge < -0.3 is 0 Å². The molecule has 0 aromatic carbocycles. The summed E-state index contributed by atoms with van der Waals surface area (Å²) in [5.41, 5.74) is 0. The van der Waals surface area contributed by atoms with Gasteiger partial charge in [-0.3, -0.25) is 4.90 Å². The molecule has 92 valence electrons. The number of unbranched alkanes of at least 4 members (excludes halogenated alkanes) is 1. The zero-order valence-corrected chi connectivity index (χ0v) is 12.5. The molecule has 0 aromatic heterocycles. The molecule has 1 unspecified atom stereocenters. The molecule has 1 atom stereocenters. The zero-order valence-electron chi connectivity index (χ0n) is 10.9. The molecule has 0 aromatic rings. The van der Waals surface area contributed by atoms with Crippen LogP contribution in [0.15, 0.2) is 0 Å². The summed E-state index contributed by atoms with van der Waals surface area (Å²) in [4.78, 5) is 2.60. The van der Waals surface area contributed by atoms with Gasteiger partial charge in [-0.1, -0.05) is 49.0 Å². The summed E-state index contributed by atoms with van der Waals surface area (Å²) in [5.74, 6) is 0.895. The number of rotatable bonds is 9. The first kappa shape index (κ1) is 15.4. The van der Waals surface area contributed by atoms with Crippen LogP contribution in [0.4, 0.5) is 0 Å². The van der Waals surface area contributed by atoms with Crippen molar-refractivity contribution in [3.05, 3.63) is 0 Å². The number of alkyl halides is 1. The summed E-state index contributed by atoms with van der Waals surface area (Å²) in [5, 5.41) is 1.09. The van der Waals surface area contributed by atoms with E-state index in [9.17, 15) is 0 Å². The molecule has 0 bridgehead atoms. The Morgan fingerprint density at radius 2 is 1.87 bits per heavy atom. The normalized spacial score (nSPS) is 13.8. The molecule has 0 fully saturated rings. The summed E-state index contributed by atoms with van der Waals surface area (Å²) in [6, 6.07) is 0.679. The second-order valence-electron chi connectivity index (χ2n) is 4.69. The van der Waals surface area contributed by atoms with E-state index in [1.54, 1.807) is 0 Å². The molecule has 0 saturated heterocycles. The number of nitrogens with zero attached hydrogens (tertiary/aromatic N) is 1. The quantitative estimate of drug-likeness (QED) is 0.568. The highest BCUT2D eigenvalue weighted by atomic mass is 79.9. The fraction of sp³-hybridized carbons (Fsp3) is 1.00. The summed E-state index contributed by atoms with van der Waals surface area (Å²) >= 11 is 3.54. The zero-order chi connectivity index (χ0) is 11.7. The smallest absolute Gasteiger partial charge is 0.0159 e. The van der Waals surface area contributed by atoms with Gasteiger partial charge in [0.1, 0.15) is 0 Å². The van der Waals surface area contributed by atoms with E-state index in [0.717, 1.165) is 11.2 Å². The molecule has 0 rings (SSSR count). The molecule has 0 radical (unpaired) electrons. The molecule has 0 heterocycles. The van der Waals surface area contributed by atoms with Crippen LogP contribution in [0.2, 0.25) is 0 Å². The van der Waals surface area contributed by atoms with Crippen LogP contribution >= 0.6 is 15.9 Å². The molecule has 0 saturated carbocycles. The van der Waals surface area contributed by atoms with E-state index in [1.807, 2.05) is 0 Å². The molecule has 15 heavy (non-hydrogen) atoms. The van der Waals surface area contributed by atoms with Gasteiger partial charge in [0.25, 0.3) is 0 Å². The lowest BCUT2D eigenvalue weighted by atomic mass is 9.98. The van der Waals surface area contributed by atoms with Crippen LogP contribution in [0.1, 0.15) is 53.4 Å². The molecule has 0 aliphatic heterocycles. The van der Waals surface area contributed by atoms with Crippen molar-refractivity contribution in [3.63, 3.8) is 0 Å². The molecule has 2 heteroatoms. The van der Waals surface area contributed by atoms with E-state index in [-0.39, 0.29) is 0 Å². The molecule has 1 nitrogen and oxygen atoms in total. The molecule has 0 amide bonds. The SMILES string of the molecule is CCCCC(CC)CN(CCBr)C(C)C. The van der Waals surface area contributed by atoms with Gasteiger partial charge in [-0.2, -0.15) is 0 Å². The minimum atomic E-state index is 0.679. The predicted molar refractivity (Wildman–Crippen MR) is 73.8 cm³/mol.